The first kappa shape index (κ1) is 18.3. The molecule has 0 aliphatic heterocycles. The van der Waals surface area contributed by atoms with Gasteiger partial charge < -0.3 is 15.8 Å². The van der Waals surface area contributed by atoms with Gasteiger partial charge in [0, 0.05) is 5.02 Å². The number of nitrogens with one attached hydrogen (secondary N) is 1. The molecule has 0 aliphatic rings. The number of hydrogen-bond donors (Lipinski definition) is 2. The molecule has 0 atom stereocenters. The Morgan fingerprint density at radius 1 is 1.04 bits per heavy atom. The van der Waals surface area contributed by atoms with Gasteiger partial charge in [-0.3, -0.25) is 0 Å². The van der Waals surface area contributed by atoms with Gasteiger partial charge in [-0.05, 0) is 41.8 Å². The molecule has 26 heavy (non-hydrogen) atoms. The SMILES string of the molecule is CC(C)c1ccc(Oc2ncnc(Nc3ccc(Cl)cc3Cl)c2N)cc1. The highest BCUT2D eigenvalue weighted by molar-refractivity contribution is 6.36. The quantitative estimate of drug-likeness (QED) is 0.558. The molecule has 1 aromatic heterocycles. The maximum atomic E-state index is 6.18. The summed E-state index contributed by atoms with van der Waals surface area (Å²) in [6.45, 7) is 4.27. The molecular weight excluding hydrogens is 371 g/mol. The second kappa shape index (κ2) is 7.81. The minimum atomic E-state index is 0.268. The lowest BCUT2D eigenvalue weighted by atomic mass is 10.0. The number of rotatable bonds is 5. The largest absolute Gasteiger partial charge is 0.437 e. The van der Waals surface area contributed by atoms with Crippen molar-refractivity contribution in [2.75, 3.05) is 11.1 Å². The molecule has 0 aliphatic carbocycles. The molecule has 0 spiro atoms. The van der Waals surface area contributed by atoms with Crippen LogP contribution in [0.1, 0.15) is 25.3 Å². The van der Waals surface area contributed by atoms with E-state index in [1.807, 2.05) is 24.3 Å². The molecule has 3 N–H and O–H groups in total. The molecule has 3 aromatic rings. The highest BCUT2D eigenvalue weighted by Crippen LogP contribution is 2.34. The Balaban J connectivity index is 1.82. The van der Waals surface area contributed by atoms with Crippen molar-refractivity contribution in [3.8, 4) is 11.6 Å². The van der Waals surface area contributed by atoms with Gasteiger partial charge in [0.1, 0.15) is 17.8 Å². The molecule has 0 fully saturated rings. The van der Waals surface area contributed by atoms with Crippen molar-refractivity contribution in [3.63, 3.8) is 0 Å². The van der Waals surface area contributed by atoms with E-state index >= 15 is 0 Å². The normalized spacial score (nSPS) is 10.8. The van der Waals surface area contributed by atoms with Crippen LogP contribution in [0.25, 0.3) is 0 Å². The molecule has 134 valence electrons. The number of anilines is 3. The summed E-state index contributed by atoms with van der Waals surface area (Å²) in [7, 11) is 0. The molecule has 5 nitrogen and oxygen atoms in total. The molecule has 0 saturated heterocycles. The lowest BCUT2D eigenvalue weighted by Crippen LogP contribution is -2.03. The Morgan fingerprint density at radius 3 is 2.42 bits per heavy atom. The summed E-state index contributed by atoms with van der Waals surface area (Å²) < 4.78 is 5.80. The Morgan fingerprint density at radius 2 is 1.77 bits per heavy atom. The molecule has 0 unspecified atom stereocenters. The van der Waals surface area contributed by atoms with Crippen LogP contribution in [0.5, 0.6) is 11.6 Å². The molecular formula is C19H18Cl2N4O. The minimum Gasteiger partial charge on any atom is -0.437 e. The maximum Gasteiger partial charge on any atom is 0.248 e. The van der Waals surface area contributed by atoms with Gasteiger partial charge in [0.05, 0.1) is 10.7 Å². The van der Waals surface area contributed by atoms with Crippen LogP contribution in [0.15, 0.2) is 48.8 Å². The van der Waals surface area contributed by atoms with Crippen molar-refractivity contribution in [3.05, 3.63) is 64.4 Å². The topological polar surface area (TPSA) is 73.1 Å². The van der Waals surface area contributed by atoms with Crippen molar-refractivity contribution in [1.29, 1.82) is 0 Å². The molecule has 0 amide bonds. The lowest BCUT2D eigenvalue weighted by Gasteiger charge is -2.13. The third-order valence-electron chi connectivity index (χ3n) is 3.79. The summed E-state index contributed by atoms with van der Waals surface area (Å²) in [5.41, 5.74) is 8.30. The Labute approximate surface area is 162 Å². The number of nitrogens with two attached hydrogens (primary N) is 1. The zero-order valence-electron chi connectivity index (χ0n) is 14.3. The molecule has 1 heterocycles. The zero-order valence-corrected chi connectivity index (χ0v) is 15.8. The van der Waals surface area contributed by atoms with E-state index < -0.39 is 0 Å². The van der Waals surface area contributed by atoms with Crippen molar-refractivity contribution >= 4 is 40.4 Å². The fourth-order valence-electron chi connectivity index (χ4n) is 2.31. The Hall–Kier alpha value is -2.50. The number of benzene rings is 2. The number of ether oxygens (including phenoxy) is 1. The molecule has 0 saturated carbocycles. The highest BCUT2D eigenvalue weighted by atomic mass is 35.5. The Bertz CT molecular complexity index is 914. The van der Waals surface area contributed by atoms with Crippen molar-refractivity contribution in [1.82, 2.24) is 9.97 Å². The van der Waals surface area contributed by atoms with Crippen LogP contribution < -0.4 is 15.8 Å². The van der Waals surface area contributed by atoms with Crippen LogP contribution in [0.4, 0.5) is 17.2 Å². The summed E-state index contributed by atoms with van der Waals surface area (Å²) >= 11 is 12.1. The van der Waals surface area contributed by atoms with E-state index in [4.69, 9.17) is 33.7 Å². The standard InChI is InChI=1S/C19H18Cl2N4O/c1-11(2)12-3-6-14(7-4-12)26-19-17(22)18(23-10-24-19)25-16-8-5-13(20)9-15(16)21/h3-11H,22H2,1-2H3,(H,23,24,25). The number of nitrogen functional groups attached to an aromatic ring is 1. The third-order valence-corrected chi connectivity index (χ3v) is 4.34. The predicted octanol–water partition coefficient (Wildman–Crippen LogP) is 6.02. The summed E-state index contributed by atoms with van der Waals surface area (Å²) in [6, 6.07) is 12.9. The molecule has 3 rings (SSSR count). The zero-order chi connectivity index (χ0) is 18.7. The maximum absolute atomic E-state index is 6.18. The minimum absolute atomic E-state index is 0.268. The van der Waals surface area contributed by atoms with Crippen molar-refractivity contribution in [2.45, 2.75) is 19.8 Å². The number of halogens is 2. The number of nitrogens with zero attached hydrogens (tertiary/aromatic N) is 2. The summed E-state index contributed by atoms with van der Waals surface area (Å²) in [5, 5.41) is 4.08. The van der Waals surface area contributed by atoms with E-state index in [1.165, 1.54) is 11.9 Å². The summed E-state index contributed by atoms with van der Waals surface area (Å²) in [4.78, 5) is 8.28. The van der Waals surface area contributed by atoms with Gasteiger partial charge in [0.2, 0.25) is 5.88 Å². The second-order valence-electron chi connectivity index (χ2n) is 6.02. The van der Waals surface area contributed by atoms with Crippen LogP contribution >= 0.6 is 23.2 Å². The van der Waals surface area contributed by atoms with E-state index in [0.29, 0.717) is 33.2 Å². The van der Waals surface area contributed by atoms with Crippen LogP contribution in [0.3, 0.4) is 0 Å². The van der Waals surface area contributed by atoms with Gasteiger partial charge in [-0.15, -0.1) is 0 Å². The van der Waals surface area contributed by atoms with Gasteiger partial charge in [-0.1, -0.05) is 49.2 Å². The Kier molecular flexibility index (Phi) is 5.49. The van der Waals surface area contributed by atoms with Gasteiger partial charge in [0.15, 0.2) is 5.82 Å². The van der Waals surface area contributed by atoms with Gasteiger partial charge in [-0.25, -0.2) is 4.98 Å². The van der Waals surface area contributed by atoms with Crippen LogP contribution in [-0.4, -0.2) is 9.97 Å². The van der Waals surface area contributed by atoms with E-state index in [-0.39, 0.29) is 11.6 Å². The first-order chi connectivity index (χ1) is 12.4. The molecule has 0 bridgehead atoms. The van der Waals surface area contributed by atoms with Crippen LogP contribution in [0.2, 0.25) is 10.0 Å². The highest BCUT2D eigenvalue weighted by Gasteiger charge is 2.12. The average Bonchev–Trinajstić information content (AvgIpc) is 2.61. The van der Waals surface area contributed by atoms with Gasteiger partial charge in [0.25, 0.3) is 0 Å². The number of hydrogen-bond acceptors (Lipinski definition) is 5. The monoisotopic (exact) mass is 388 g/mol. The fraction of sp³-hybridized carbons (Fsp3) is 0.158. The van der Waals surface area contributed by atoms with E-state index in [9.17, 15) is 0 Å². The lowest BCUT2D eigenvalue weighted by molar-refractivity contribution is 0.464. The first-order valence-electron chi connectivity index (χ1n) is 8.04. The third kappa shape index (κ3) is 4.18. The fourth-order valence-corrected chi connectivity index (χ4v) is 2.77. The van der Waals surface area contributed by atoms with E-state index in [1.54, 1.807) is 18.2 Å². The average molecular weight is 389 g/mol. The van der Waals surface area contributed by atoms with Gasteiger partial charge >= 0.3 is 0 Å². The smallest absolute Gasteiger partial charge is 0.248 e. The molecule has 2 aromatic carbocycles. The summed E-state index contributed by atoms with van der Waals surface area (Å²) in [6.07, 6.45) is 1.38. The summed E-state index contributed by atoms with van der Waals surface area (Å²) in [5.74, 6) is 1.77. The van der Waals surface area contributed by atoms with E-state index in [0.717, 1.165) is 0 Å². The first-order valence-corrected chi connectivity index (χ1v) is 8.80. The van der Waals surface area contributed by atoms with Crippen molar-refractivity contribution in [2.24, 2.45) is 0 Å². The van der Waals surface area contributed by atoms with Gasteiger partial charge in [-0.2, -0.15) is 4.98 Å². The molecule has 7 heteroatoms. The van der Waals surface area contributed by atoms with Crippen molar-refractivity contribution < 1.29 is 4.74 Å². The van der Waals surface area contributed by atoms with Crippen LogP contribution in [-0.2, 0) is 0 Å². The van der Waals surface area contributed by atoms with Crippen LogP contribution in [0, 0.1) is 0 Å². The molecule has 0 radical (unpaired) electrons. The predicted molar refractivity (Wildman–Crippen MR) is 107 cm³/mol. The van der Waals surface area contributed by atoms with E-state index in [2.05, 4.69) is 29.1 Å². The number of aromatic nitrogens is 2. The second-order valence-corrected chi connectivity index (χ2v) is 6.86.